The molecule has 0 aromatic heterocycles. The van der Waals surface area contributed by atoms with Crippen molar-refractivity contribution in [3.05, 3.63) is 42.2 Å². The summed E-state index contributed by atoms with van der Waals surface area (Å²) in [5, 5.41) is 0. The minimum absolute atomic E-state index is 0.222. The summed E-state index contributed by atoms with van der Waals surface area (Å²) in [5.74, 6) is 0.428. The molecule has 0 bridgehead atoms. The van der Waals surface area contributed by atoms with Crippen LogP contribution in [0.25, 0.3) is 11.1 Å². The zero-order valence-electron chi connectivity index (χ0n) is 10.2. The Labute approximate surface area is 105 Å². The van der Waals surface area contributed by atoms with Gasteiger partial charge in [0.05, 0.1) is 19.9 Å². The topological polar surface area (TPSA) is 44.5 Å². The molecule has 0 aliphatic heterocycles. The first-order chi connectivity index (χ1) is 8.65. The van der Waals surface area contributed by atoms with E-state index in [9.17, 15) is 4.39 Å². The molecule has 0 aliphatic rings. The number of hydrogen-bond acceptors (Lipinski definition) is 3. The van der Waals surface area contributed by atoms with Gasteiger partial charge < -0.3 is 15.2 Å². The predicted molar refractivity (Wildman–Crippen MR) is 69.4 cm³/mol. The molecule has 0 heterocycles. The van der Waals surface area contributed by atoms with Gasteiger partial charge in [-0.3, -0.25) is 0 Å². The van der Waals surface area contributed by atoms with E-state index in [0.29, 0.717) is 11.4 Å². The molecule has 0 aliphatic carbocycles. The first-order valence-corrected chi connectivity index (χ1v) is 5.43. The van der Waals surface area contributed by atoms with Crippen molar-refractivity contribution in [2.45, 2.75) is 0 Å². The fraction of sp³-hybridized carbons (Fsp3) is 0.143. The van der Waals surface area contributed by atoms with Crippen molar-refractivity contribution < 1.29 is 13.9 Å². The zero-order valence-corrected chi connectivity index (χ0v) is 10.2. The van der Waals surface area contributed by atoms with Gasteiger partial charge in [-0.25, -0.2) is 4.39 Å². The number of hydrogen-bond donors (Lipinski definition) is 1. The maximum absolute atomic E-state index is 13.6. The van der Waals surface area contributed by atoms with Gasteiger partial charge in [0.1, 0.15) is 5.75 Å². The molecular weight excluding hydrogens is 233 g/mol. The number of anilines is 1. The summed E-state index contributed by atoms with van der Waals surface area (Å²) in [7, 11) is 2.99. The van der Waals surface area contributed by atoms with E-state index in [4.69, 9.17) is 15.2 Å². The number of benzene rings is 2. The third-order valence-corrected chi connectivity index (χ3v) is 2.71. The van der Waals surface area contributed by atoms with Crippen molar-refractivity contribution in [2.24, 2.45) is 0 Å². The summed E-state index contributed by atoms with van der Waals surface area (Å²) in [6.07, 6.45) is 0. The van der Waals surface area contributed by atoms with Gasteiger partial charge in [-0.2, -0.15) is 0 Å². The van der Waals surface area contributed by atoms with Gasteiger partial charge in [-0.1, -0.05) is 12.1 Å². The molecule has 0 unspecified atom stereocenters. The quantitative estimate of drug-likeness (QED) is 0.848. The van der Waals surface area contributed by atoms with Gasteiger partial charge in [0.25, 0.3) is 0 Å². The van der Waals surface area contributed by atoms with Crippen LogP contribution in [-0.4, -0.2) is 14.2 Å². The van der Waals surface area contributed by atoms with Crippen LogP contribution in [0, 0.1) is 5.82 Å². The smallest absolute Gasteiger partial charge is 0.165 e. The van der Waals surface area contributed by atoms with E-state index in [2.05, 4.69) is 0 Å². The van der Waals surface area contributed by atoms with Gasteiger partial charge in [-0.05, 0) is 35.4 Å². The van der Waals surface area contributed by atoms with E-state index >= 15 is 0 Å². The first kappa shape index (κ1) is 12.2. The number of halogens is 1. The van der Waals surface area contributed by atoms with Gasteiger partial charge >= 0.3 is 0 Å². The zero-order chi connectivity index (χ0) is 13.1. The molecule has 94 valence electrons. The summed E-state index contributed by atoms with van der Waals surface area (Å²) in [6.45, 7) is 0. The molecule has 0 saturated carbocycles. The van der Waals surface area contributed by atoms with Crippen LogP contribution in [0.15, 0.2) is 36.4 Å². The van der Waals surface area contributed by atoms with Crippen LogP contribution >= 0.6 is 0 Å². The Bertz CT molecular complexity index is 518. The Morgan fingerprint density at radius 2 is 1.44 bits per heavy atom. The second-order valence-corrected chi connectivity index (χ2v) is 3.81. The number of nitrogen functional groups attached to an aromatic ring is 1. The molecule has 3 nitrogen and oxygen atoms in total. The van der Waals surface area contributed by atoms with Crippen LogP contribution in [0.3, 0.4) is 0 Å². The number of methoxy groups -OCH3 is 2. The molecule has 0 atom stereocenters. The lowest BCUT2D eigenvalue weighted by atomic mass is 10.0. The summed E-state index contributed by atoms with van der Waals surface area (Å²) in [5.41, 5.74) is 7.91. The van der Waals surface area contributed by atoms with Crippen molar-refractivity contribution in [3.8, 4) is 22.6 Å². The molecule has 0 spiro atoms. The minimum Gasteiger partial charge on any atom is -0.495 e. The minimum atomic E-state index is -0.399. The van der Waals surface area contributed by atoms with Crippen LogP contribution < -0.4 is 15.2 Å². The summed E-state index contributed by atoms with van der Waals surface area (Å²) in [4.78, 5) is 0. The predicted octanol–water partition coefficient (Wildman–Crippen LogP) is 3.09. The molecule has 4 heteroatoms. The Kier molecular flexibility index (Phi) is 3.37. The van der Waals surface area contributed by atoms with Crippen LogP contribution in [-0.2, 0) is 0 Å². The van der Waals surface area contributed by atoms with Crippen molar-refractivity contribution in [1.82, 2.24) is 0 Å². The van der Waals surface area contributed by atoms with E-state index in [1.54, 1.807) is 31.4 Å². The molecule has 2 aromatic carbocycles. The van der Waals surface area contributed by atoms with Gasteiger partial charge in [-0.15, -0.1) is 0 Å². The Morgan fingerprint density at radius 1 is 0.889 bits per heavy atom. The van der Waals surface area contributed by atoms with E-state index in [0.717, 1.165) is 11.1 Å². The lowest BCUT2D eigenvalue weighted by Gasteiger charge is -2.08. The van der Waals surface area contributed by atoms with Crippen LogP contribution in [0.2, 0.25) is 0 Å². The molecule has 0 radical (unpaired) electrons. The number of rotatable bonds is 3. The van der Waals surface area contributed by atoms with Crippen molar-refractivity contribution in [3.63, 3.8) is 0 Å². The third kappa shape index (κ3) is 2.22. The molecule has 0 fully saturated rings. The molecule has 0 amide bonds. The molecule has 2 rings (SSSR count). The van der Waals surface area contributed by atoms with E-state index < -0.39 is 5.82 Å². The second kappa shape index (κ2) is 4.96. The average Bonchev–Trinajstić information content (AvgIpc) is 2.38. The Balaban J connectivity index is 2.42. The largest absolute Gasteiger partial charge is 0.495 e. The number of ether oxygens (including phenoxy) is 2. The number of nitrogens with two attached hydrogens (primary N) is 1. The van der Waals surface area contributed by atoms with Crippen molar-refractivity contribution in [1.29, 1.82) is 0 Å². The molecule has 2 aromatic rings. The van der Waals surface area contributed by atoms with E-state index in [-0.39, 0.29) is 5.75 Å². The van der Waals surface area contributed by atoms with Gasteiger partial charge in [0.2, 0.25) is 0 Å². The SMILES string of the molecule is COc1ccc(-c2ccc(OC)c(F)c2)cc1N. The highest BCUT2D eigenvalue weighted by Crippen LogP contribution is 2.30. The maximum atomic E-state index is 13.6. The monoisotopic (exact) mass is 247 g/mol. The van der Waals surface area contributed by atoms with Crippen molar-refractivity contribution in [2.75, 3.05) is 20.0 Å². The molecule has 2 N–H and O–H groups in total. The van der Waals surface area contributed by atoms with Crippen molar-refractivity contribution >= 4 is 5.69 Å². The summed E-state index contributed by atoms with van der Waals surface area (Å²) < 4.78 is 23.6. The van der Waals surface area contributed by atoms with Crippen LogP contribution in [0.4, 0.5) is 10.1 Å². The third-order valence-electron chi connectivity index (χ3n) is 2.71. The van der Waals surface area contributed by atoms with Crippen LogP contribution in [0.5, 0.6) is 11.5 Å². The lowest BCUT2D eigenvalue weighted by Crippen LogP contribution is -1.93. The van der Waals surface area contributed by atoms with Gasteiger partial charge in [0, 0.05) is 0 Å². The second-order valence-electron chi connectivity index (χ2n) is 3.81. The highest BCUT2D eigenvalue weighted by Gasteiger charge is 2.07. The fourth-order valence-electron chi connectivity index (χ4n) is 1.76. The molecular formula is C14H14FNO2. The van der Waals surface area contributed by atoms with Crippen LogP contribution in [0.1, 0.15) is 0 Å². The normalized spacial score (nSPS) is 10.2. The van der Waals surface area contributed by atoms with Gasteiger partial charge in [0.15, 0.2) is 11.6 Å². The van der Waals surface area contributed by atoms with E-state index in [1.807, 2.05) is 6.07 Å². The highest BCUT2D eigenvalue weighted by atomic mass is 19.1. The molecule has 18 heavy (non-hydrogen) atoms. The first-order valence-electron chi connectivity index (χ1n) is 5.43. The lowest BCUT2D eigenvalue weighted by molar-refractivity contribution is 0.386. The average molecular weight is 247 g/mol. The molecule has 0 saturated heterocycles. The maximum Gasteiger partial charge on any atom is 0.165 e. The fourth-order valence-corrected chi connectivity index (χ4v) is 1.76. The Morgan fingerprint density at radius 3 is 1.94 bits per heavy atom. The highest BCUT2D eigenvalue weighted by molar-refractivity contribution is 5.71. The summed E-state index contributed by atoms with van der Waals surface area (Å²) >= 11 is 0. The van der Waals surface area contributed by atoms with E-state index in [1.165, 1.54) is 13.2 Å². The summed E-state index contributed by atoms with van der Waals surface area (Å²) in [6, 6.07) is 10.1. The standard InChI is InChI=1S/C14H14FNO2/c1-17-13-5-3-9(7-11(13)15)10-4-6-14(18-2)12(16)8-10/h3-8H,16H2,1-2H3. The Hall–Kier alpha value is -2.23.